The molecule has 0 aromatic heterocycles. The minimum atomic E-state index is -3.89. The van der Waals surface area contributed by atoms with Gasteiger partial charge in [-0.3, -0.25) is 9.52 Å². The molecule has 0 aliphatic carbocycles. The number of halogens is 1. The lowest BCUT2D eigenvalue weighted by Gasteiger charge is -2.22. The molecule has 3 aromatic carbocycles. The highest BCUT2D eigenvalue weighted by molar-refractivity contribution is 7.92. The lowest BCUT2D eigenvalue weighted by molar-refractivity contribution is 0.0743. The van der Waals surface area contributed by atoms with Crippen LogP contribution in [-0.4, -0.2) is 25.8 Å². The largest absolute Gasteiger partial charge is 0.334 e. The molecule has 0 aliphatic heterocycles. The van der Waals surface area contributed by atoms with Crippen molar-refractivity contribution in [1.29, 1.82) is 5.26 Å². The number of amides is 1. The summed E-state index contributed by atoms with van der Waals surface area (Å²) in [5.41, 5.74) is 2.42. The topological polar surface area (TPSA) is 90.3 Å². The van der Waals surface area contributed by atoms with Gasteiger partial charge in [0.25, 0.3) is 15.9 Å². The molecule has 0 unspecified atom stereocenters. The SMILES string of the molecule is CCCN(Cc1ccc(C#N)cc1)C(=O)c1ccc(NS(=O)(=O)c2ccc(F)c(C)c2)cc1. The summed E-state index contributed by atoms with van der Waals surface area (Å²) in [5, 5.41) is 8.94. The second kappa shape index (κ2) is 10.3. The van der Waals surface area contributed by atoms with E-state index >= 15 is 0 Å². The monoisotopic (exact) mass is 465 g/mol. The van der Waals surface area contributed by atoms with Crippen LogP contribution in [-0.2, 0) is 16.6 Å². The second-order valence-corrected chi connectivity index (χ2v) is 9.31. The number of carbonyl (C=O) groups is 1. The van der Waals surface area contributed by atoms with Crippen LogP contribution in [0.5, 0.6) is 0 Å². The fraction of sp³-hybridized carbons (Fsp3) is 0.200. The highest BCUT2D eigenvalue weighted by Gasteiger charge is 2.18. The third-order valence-corrected chi connectivity index (χ3v) is 6.44. The van der Waals surface area contributed by atoms with Crippen LogP contribution in [0.2, 0.25) is 0 Å². The maximum atomic E-state index is 13.5. The van der Waals surface area contributed by atoms with Crippen molar-refractivity contribution in [3.05, 3.63) is 94.8 Å². The quantitative estimate of drug-likeness (QED) is 0.514. The van der Waals surface area contributed by atoms with Gasteiger partial charge in [-0.05, 0) is 79.1 Å². The fourth-order valence-electron chi connectivity index (χ4n) is 3.29. The van der Waals surface area contributed by atoms with E-state index in [2.05, 4.69) is 10.8 Å². The third kappa shape index (κ3) is 5.96. The molecule has 0 heterocycles. The molecule has 33 heavy (non-hydrogen) atoms. The summed E-state index contributed by atoms with van der Waals surface area (Å²) >= 11 is 0. The van der Waals surface area contributed by atoms with Gasteiger partial charge in [-0.25, -0.2) is 12.8 Å². The molecule has 3 aromatic rings. The molecule has 0 atom stereocenters. The standard InChI is InChI=1S/C25H24FN3O3S/c1-3-14-29(17-20-6-4-19(16-27)5-7-20)25(30)21-8-10-22(11-9-21)28-33(31,32)23-12-13-24(26)18(2)15-23/h4-13,15,28H,3,14,17H2,1-2H3. The predicted molar refractivity (Wildman–Crippen MR) is 125 cm³/mol. The van der Waals surface area contributed by atoms with E-state index in [0.717, 1.165) is 18.1 Å². The number of hydrogen-bond donors (Lipinski definition) is 1. The number of nitrogens with one attached hydrogen (secondary N) is 1. The van der Waals surface area contributed by atoms with Crippen molar-refractivity contribution in [2.45, 2.75) is 31.7 Å². The van der Waals surface area contributed by atoms with Crippen LogP contribution in [0.25, 0.3) is 0 Å². The Morgan fingerprint density at radius 2 is 1.73 bits per heavy atom. The van der Waals surface area contributed by atoms with Crippen LogP contribution in [0.15, 0.2) is 71.6 Å². The number of nitriles is 1. The molecular formula is C25H24FN3O3S. The van der Waals surface area contributed by atoms with Crippen molar-refractivity contribution >= 4 is 21.6 Å². The molecule has 0 aliphatic rings. The normalized spacial score (nSPS) is 11.0. The van der Waals surface area contributed by atoms with E-state index in [1.54, 1.807) is 29.2 Å². The molecular weight excluding hydrogens is 441 g/mol. The maximum absolute atomic E-state index is 13.5. The van der Waals surface area contributed by atoms with Crippen LogP contribution in [0, 0.1) is 24.1 Å². The number of carbonyl (C=O) groups excluding carboxylic acids is 1. The molecule has 8 heteroatoms. The highest BCUT2D eigenvalue weighted by Crippen LogP contribution is 2.20. The molecule has 0 bridgehead atoms. The highest BCUT2D eigenvalue weighted by atomic mass is 32.2. The summed E-state index contributed by atoms with van der Waals surface area (Å²) in [4.78, 5) is 14.7. The van der Waals surface area contributed by atoms with Crippen molar-refractivity contribution in [1.82, 2.24) is 4.90 Å². The molecule has 0 spiro atoms. The van der Waals surface area contributed by atoms with Gasteiger partial charge in [-0.15, -0.1) is 0 Å². The zero-order chi connectivity index (χ0) is 24.0. The Morgan fingerprint density at radius 3 is 2.30 bits per heavy atom. The fourth-order valence-corrected chi connectivity index (χ4v) is 4.43. The molecule has 170 valence electrons. The summed E-state index contributed by atoms with van der Waals surface area (Å²) < 4.78 is 41.1. The average molecular weight is 466 g/mol. The summed E-state index contributed by atoms with van der Waals surface area (Å²) in [7, 11) is -3.89. The summed E-state index contributed by atoms with van der Waals surface area (Å²) in [6, 6.07) is 18.9. The summed E-state index contributed by atoms with van der Waals surface area (Å²) in [5.74, 6) is -0.653. The van der Waals surface area contributed by atoms with Crippen LogP contribution in [0.1, 0.15) is 40.4 Å². The Morgan fingerprint density at radius 1 is 1.06 bits per heavy atom. The van der Waals surface area contributed by atoms with Crippen LogP contribution in [0.4, 0.5) is 10.1 Å². The second-order valence-electron chi connectivity index (χ2n) is 7.63. The lowest BCUT2D eigenvalue weighted by Crippen LogP contribution is -2.31. The third-order valence-electron chi connectivity index (χ3n) is 5.06. The van der Waals surface area contributed by atoms with Crippen LogP contribution < -0.4 is 4.72 Å². The van der Waals surface area contributed by atoms with E-state index in [4.69, 9.17) is 5.26 Å². The van der Waals surface area contributed by atoms with Gasteiger partial charge in [0.05, 0.1) is 16.5 Å². The Balaban J connectivity index is 1.74. The van der Waals surface area contributed by atoms with Gasteiger partial charge in [-0.2, -0.15) is 5.26 Å². The number of nitrogens with zero attached hydrogens (tertiary/aromatic N) is 2. The summed E-state index contributed by atoms with van der Waals surface area (Å²) in [6.45, 7) is 4.43. The van der Waals surface area contributed by atoms with E-state index in [-0.39, 0.29) is 16.4 Å². The van der Waals surface area contributed by atoms with E-state index in [0.29, 0.717) is 29.9 Å². The van der Waals surface area contributed by atoms with Crippen LogP contribution >= 0.6 is 0 Å². The van der Waals surface area contributed by atoms with Gasteiger partial charge >= 0.3 is 0 Å². The molecule has 0 saturated heterocycles. The molecule has 0 fully saturated rings. The Kier molecular flexibility index (Phi) is 7.46. The van der Waals surface area contributed by atoms with Crippen molar-refractivity contribution in [2.75, 3.05) is 11.3 Å². The molecule has 0 saturated carbocycles. The number of aryl methyl sites for hydroxylation is 1. The lowest BCUT2D eigenvalue weighted by atomic mass is 10.1. The maximum Gasteiger partial charge on any atom is 0.261 e. The predicted octanol–water partition coefficient (Wildman–Crippen LogP) is 4.86. The minimum absolute atomic E-state index is 0.0434. The van der Waals surface area contributed by atoms with Gasteiger partial charge < -0.3 is 4.90 Å². The molecule has 6 nitrogen and oxygen atoms in total. The van der Waals surface area contributed by atoms with Gasteiger partial charge in [0.2, 0.25) is 0 Å². The first-order chi connectivity index (χ1) is 15.7. The van der Waals surface area contributed by atoms with Gasteiger partial charge in [0.15, 0.2) is 0 Å². The zero-order valence-corrected chi connectivity index (χ0v) is 19.2. The number of hydrogen-bond acceptors (Lipinski definition) is 4. The number of anilines is 1. The van der Waals surface area contributed by atoms with E-state index in [9.17, 15) is 17.6 Å². The smallest absolute Gasteiger partial charge is 0.261 e. The minimum Gasteiger partial charge on any atom is -0.334 e. The average Bonchev–Trinajstić information content (AvgIpc) is 2.81. The first kappa shape index (κ1) is 24.0. The van der Waals surface area contributed by atoms with E-state index in [1.807, 2.05) is 19.1 Å². The van der Waals surface area contributed by atoms with Crippen molar-refractivity contribution in [3.63, 3.8) is 0 Å². The van der Waals surface area contributed by atoms with Crippen molar-refractivity contribution in [2.24, 2.45) is 0 Å². The van der Waals surface area contributed by atoms with Crippen molar-refractivity contribution in [3.8, 4) is 6.07 Å². The molecule has 1 N–H and O–H groups in total. The number of rotatable bonds is 8. The zero-order valence-electron chi connectivity index (χ0n) is 18.4. The number of benzene rings is 3. The molecule has 3 rings (SSSR count). The molecule has 0 radical (unpaired) electrons. The van der Waals surface area contributed by atoms with E-state index < -0.39 is 15.8 Å². The number of sulfonamides is 1. The first-order valence-electron chi connectivity index (χ1n) is 10.4. The van der Waals surface area contributed by atoms with Gasteiger partial charge in [0, 0.05) is 24.3 Å². The first-order valence-corrected chi connectivity index (χ1v) is 11.9. The Labute approximate surface area is 193 Å². The summed E-state index contributed by atoms with van der Waals surface area (Å²) in [6.07, 6.45) is 0.775. The Bertz CT molecular complexity index is 1280. The molecule has 1 amide bonds. The van der Waals surface area contributed by atoms with E-state index in [1.165, 1.54) is 31.2 Å². The van der Waals surface area contributed by atoms with Gasteiger partial charge in [0.1, 0.15) is 5.82 Å². The van der Waals surface area contributed by atoms with Gasteiger partial charge in [-0.1, -0.05) is 19.1 Å². The van der Waals surface area contributed by atoms with Crippen LogP contribution in [0.3, 0.4) is 0 Å². The Hall–Kier alpha value is -3.70. The van der Waals surface area contributed by atoms with Crippen molar-refractivity contribution < 1.29 is 17.6 Å².